The number of likely N-dealkylation sites (N-methyl/N-ethyl adjacent to an activating group) is 1. The molecule has 2 aliphatic rings. The van der Waals surface area contributed by atoms with Gasteiger partial charge in [0.05, 0.1) is 5.69 Å². The summed E-state index contributed by atoms with van der Waals surface area (Å²) in [5.74, 6) is -0.301. The molecule has 0 bridgehead atoms. The number of aromatic amines is 1. The molecule has 0 spiro atoms. The maximum absolute atomic E-state index is 13.1. The number of hydrogen-bond donors (Lipinski definition) is 3. The molecule has 0 radical (unpaired) electrons. The zero-order valence-electron chi connectivity index (χ0n) is 19.9. The SMILES string of the molecule is CN(C)C1CCc2sc(C(=O)N[C@H]3CCCC[C@H]3NC(=O)c3cc4cc(Cl)ccc4[nH]3)nc2C1.Cl. The average molecular weight is 537 g/mol. The van der Waals surface area contributed by atoms with Crippen molar-refractivity contribution in [3.63, 3.8) is 0 Å². The van der Waals surface area contributed by atoms with Crippen LogP contribution in [0.2, 0.25) is 5.02 Å². The van der Waals surface area contributed by atoms with Crippen LogP contribution < -0.4 is 10.6 Å². The third kappa shape index (κ3) is 5.66. The Hall–Kier alpha value is -2.13. The molecule has 3 aromatic rings. The first-order chi connectivity index (χ1) is 16.4. The van der Waals surface area contributed by atoms with Crippen LogP contribution in [0, 0.1) is 0 Å². The van der Waals surface area contributed by atoms with E-state index in [4.69, 9.17) is 16.6 Å². The Morgan fingerprint density at radius 3 is 2.51 bits per heavy atom. The second-order valence-corrected chi connectivity index (χ2v) is 11.1. The van der Waals surface area contributed by atoms with Gasteiger partial charge in [-0.05, 0) is 64.0 Å². The van der Waals surface area contributed by atoms with Gasteiger partial charge in [-0.2, -0.15) is 0 Å². The van der Waals surface area contributed by atoms with Crippen molar-refractivity contribution in [2.75, 3.05) is 14.1 Å². The predicted octanol–water partition coefficient (Wildman–Crippen LogP) is 4.59. The minimum absolute atomic E-state index is 0. The molecule has 5 rings (SSSR count). The molecule has 188 valence electrons. The maximum atomic E-state index is 13.1. The highest BCUT2D eigenvalue weighted by Crippen LogP contribution is 2.29. The molecule has 1 fully saturated rings. The van der Waals surface area contributed by atoms with Gasteiger partial charge in [-0.15, -0.1) is 23.7 Å². The zero-order chi connectivity index (χ0) is 23.8. The number of aromatic nitrogens is 2. The standard InChI is InChI=1S/C25H30ClN5O2S.ClH/c1-31(2)16-8-10-22-20(13-16)30-25(34-22)24(33)29-19-6-4-3-5-18(19)28-23(32)21-12-14-11-15(26)7-9-17(14)27-21;/h7,9,11-12,16,18-19,27H,3-6,8,10,13H2,1-2H3,(H,28,32)(H,29,33);1H/t16?,18-,19+;/m1./s1. The van der Waals surface area contributed by atoms with E-state index in [2.05, 4.69) is 34.6 Å². The van der Waals surface area contributed by atoms with Crippen molar-refractivity contribution in [3.8, 4) is 0 Å². The molecular formula is C25H31Cl2N5O2S. The highest BCUT2D eigenvalue weighted by Gasteiger charge is 2.31. The van der Waals surface area contributed by atoms with Gasteiger partial charge in [0, 0.05) is 45.3 Å². The van der Waals surface area contributed by atoms with Crippen molar-refractivity contribution >= 4 is 58.1 Å². The molecule has 3 N–H and O–H groups in total. The van der Waals surface area contributed by atoms with Crippen molar-refractivity contribution in [2.45, 2.75) is 63.1 Å². The summed E-state index contributed by atoms with van der Waals surface area (Å²) in [5, 5.41) is 8.39. The molecule has 7 nitrogen and oxygen atoms in total. The van der Waals surface area contributed by atoms with Gasteiger partial charge < -0.3 is 20.5 Å². The summed E-state index contributed by atoms with van der Waals surface area (Å²) in [4.78, 5) is 37.4. The zero-order valence-corrected chi connectivity index (χ0v) is 22.3. The first-order valence-corrected chi connectivity index (χ1v) is 13.1. The van der Waals surface area contributed by atoms with Gasteiger partial charge in [-0.1, -0.05) is 24.4 Å². The Morgan fingerprint density at radius 1 is 1.09 bits per heavy atom. The van der Waals surface area contributed by atoms with E-state index < -0.39 is 0 Å². The number of nitrogens with one attached hydrogen (secondary N) is 3. The first kappa shape index (κ1) is 25.9. The van der Waals surface area contributed by atoms with Gasteiger partial charge in [0.2, 0.25) is 0 Å². The fourth-order valence-corrected chi connectivity index (χ4v) is 6.27. The normalized spacial score (nSPS) is 21.9. The lowest BCUT2D eigenvalue weighted by atomic mass is 9.90. The minimum Gasteiger partial charge on any atom is -0.351 e. The van der Waals surface area contributed by atoms with Crippen LogP contribution in [-0.4, -0.2) is 58.9 Å². The number of carbonyl (C=O) groups is 2. The van der Waals surface area contributed by atoms with Crippen LogP contribution in [0.5, 0.6) is 0 Å². The van der Waals surface area contributed by atoms with Crippen LogP contribution in [-0.2, 0) is 12.8 Å². The molecular weight excluding hydrogens is 505 g/mol. The third-order valence-corrected chi connectivity index (χ3v) is 8.45. The smallest absolute Gasteiger partial charge is 0.280 e. The second-order valence-electron chi connectivity index (χ2n) is 9.61. The van der Waals surface area contributed by atoms with E-state index in [1.165, 1.54) is 16.2 Å². The fourth-order valence-electron chi connectivity index (χ4n) is 5.08. The van der Waals surface area contributed by atoms with Crippen molar-refractivity contribution in [1.82, 2.24) is 25.5 Å². The van der Waals surface area contributed by atoms with E-state index in [-0.39, 0.29) is 36.3 Å². The summed E-state index contributed by atoms with van der Waals surface area (Å²) in [6.07, 6.45) is 6.69. The number of carbonyl (C=O) groups excluding carboxylic acids is 2. The first-order valence-electron chi connectivity index (χ1n) is 11.9. The molecule has 1 saturated carbocycles. The Labute approximate surface area is 220 Å². The van der Waals surface area contributed by atoms with E-state index in [9.17, 15) is 9.59 Å². The van der Waals surface area contributed by atoms with Crippen molar-refractivity contribution in [3.05, 3.63) is 50.6 Å². The summed E-state index contributed by atoms with van der Waals surface area (Å²) in [7, 11) is 4.19. The quantitative estimate of drug-likeness (QED) is 0.445. The summed E-state index contributed by atoms with van der Waals surface area (Å²) in [6, 6.07) is 7.56. The number of rotatable bonds is 5. The Morgan fingerprint density at radius 2 is 1.80 bits per heavy atom. The number of H-pyrrole nitrogens is 1. The summed E-state index contributed by atoms with van der Waals surface area (Å²) in [6.45, 7) is 0. The number of thiazole rings is 1. The topological polar surface area (TPSA) is 90.1 Å². The van der Waals surface area contributed by atoms with Gasteiger partial charge in [0.15, 0.2) is 5.01 Å². The molecule has 10 heteroatoms. The lowest BCUT2D eigenvalue weighted by Crippen LogP contribution is -2.53. The van der Waals surface area contributed by atoms with Crippen LogP contribution in [0.1, 0.15) is 63.0 Å². The van der Waals surface area contributed by atoms with Crippen LogP contribution in [0.15, 0.2) is 24.3 Å². The van der Waals surface area contributed by atoms with E-state index in [0.717, 1.165) is 61.5 Å². The third-order valence-electron chi connectivity index (χ3n) is 7.06. The molecule has 2 aliphatic carbocycles. The number of fused-ring (bicyclic) bond motifs is 2. The molecule has 1 unspecified atom stereocenters. The number of hydrogen-bond acceptors (Lipinski definition) is 5. The Bertz CT molecular complexity index is 1220. The molecule has 35 heavy (non-hydrogen) atoms. The van der Waals surface area contributed by atoms with Crippen LogP contribution in [0.4, 0.5) is 0 Å². The number of amides is 2. The summed E-state index contributed by atoms with van der Waals surface area (Å²) in [5.41, 5.74) is 2.43. The fraction of sp³-hybridized carbons (Fsp3) is 0.480. The summed E-state index contributed by atoms with van der Waals surface area (Å²) < 4.78 is 0. The van der Waals surface area contributed by atoms with Crippen molar-refractivity contribution in [2.24, 2.45) is 0 Å². The molecule has 2 aromatic heterocycles. The minimum atomic E-state index is -0.169. The predicted molar refractivity (Wildman–Crippen MR) is 143 cm³/mol. The van der Waals surface area contributed by atoms with E-state index in [1.54, 1.807) is 6.07 Å². The highest BCUT2D eigenvalue weighted by atomic mass is 35.5. The second kappa shape index (κ2) is 10.9. The van der Waals surface area contributed by atoms with Gasteiger partial charge in [0.25, 0.3) is 11.8 Å². The van der Waals surface area contributed by atoms with Crippen LogP contribution >= 0.6 is 35.3 Å². The largest absolute Gasteiger partial charge is 0.351 e. The van der Waals surface area contributed by atoms with Gasteiger partial charge in [0.1, 0.15) is 5.69 Å². The van der Waals surface area contributed by atoms with Crippen molar-refractivity contribution in [1.29, 1.82) is 0 Å². The van der Waals surface area contributed by atoms with E-state index in [1.807, 2.05) is 18.2 Å². The van der Waals surface area contributed by atoms with Crippen LogP contribution in [0.25, 0.3) is 10.9 Å². The number of aryl methyl sites for hydroxylation is 1. The molecule has 2 amide bonds. The molecule has 0 aliphatic heterocycles. The summed E-state index contributed by atoms with van der Waals surface area (Å²) >= 11 is 7.59. The number of nitrogens with zero attached hydrogens (tertiary/aromatic N) is 2. The lowest BCUT2D eigenvalue weighted by Gasteiger charge is -2.32. The maximum Gasteiger partial charge on any atom is 0.280 e. The lowest BCUT2D eigenvalue weighted by molar-refractivity contribution is 0.0860. The van der Waals surface area contributed by atoms with E-state index in [0.29, 0.717) is 21.8 Å². The molecule has 1 aromatic carbocycles. The number of benzene rings is 1. The monoisotopic (exact) mass is 535 g/mol. The molecule has 0 saturated heterocycles. The Balaban J connectivity index is 0.00000289. The van der Waals surface area contributed by atoms with Gasteiger partial charge in [-0.25, -0.2) is 4.98 Å². The van der Waals surface area contributed by atoms with Gasteiger partial charge >= 0.3 is 0 Å². The average Bonchev–Trinajstić information content (AvgIpc) is 3.43. The van der Waals surface area contributed by atoms with Crippen LogP contribution in [0.3, 0.4) is 0 Å². The Kier molecular flexibility index (Phi) is 8.06. The van der Waals surface area contributed by atoms with E-state index >= 15 is 0 Å². The van der Waals surface area contributed by atoms with Gasteiger partial charge in [-0.3, -0.25) is 9.59 Å². The van der Waals surface area contributed by atoms with Crippen molar-refractivity contribution < 1.29 is 9.59 Å². The molecule has 2 heterocycles. The number of halogens is 2. The highest BCUT2D eigenvalue weighted by molar-refractivity contribution is 7.13. The molecule has 3 atom stereocenters.